The second-order valence-electron chi connectivity index (χ2n) is 3.21. The van der Waals surface area contributed by atoms with E-state index in [0.717, 1.165) is 6.07 Å². The molecule has 0 saturated carbocycles. The van der Waals surface area contributed by atoms with Crippen molar-refractivity contribution in [1.82, 2.24) is 5.32 Å². The summed E-state index contributed by atoms with van der Waals surface area (Å²) >= 11 is 2.98. The molecule has 2 nitrogen and oxygen atoms in total. The Balaban J connectivity index is 3.03. The van der Waals surface area contributed by atoms with Gasteiger partial charge in [0.05, 0.1) is 5.56 Å². The van der Waals surface area contributed by atoms with Crippen molar-refractivity contribution in [2.45, 2.75) is 19.6 Å². The van der Waals surface area contributed by atoms with Gasteiger partial charge in [-0.05, 0) is 17.7 Å². The van der Waals surface area contributed by atoms with Crippen LogP contribution >= 0.6 is 15.9 Å². The number of carbonyl (C=O) groups is 1. The van der Waals surface area contributed by atoms with Crippen molar-refractivity contribution in [2.24, 2.45) is 0 Å². The average molecular weight is 296 g/mol. The number of benzene rings is 1. The van der Waals surface area contributed by atoms with E-state index in [9.17, 15) is 18.0 Å². The zero-order valence-electron chi connectivity index (χ0n) is 8.36. The summed E-state index contributed by atoms with van der Waals surface area (Å²) in [6.45, 7) is 1.13. The molecule has 1 aromatic carbocycles. The Kier molecular flexibility index (Phi) is 3.96. The summed E-state index contributed by atoms with van der Waals surface area (Å²) in [5.41, 5.74) is -0.693. The summed E-state index contributed by atoms with van der Waals surface area (Å²) in [6, 6.07) is 3.84. The number of alkyl halides is 3. The normalized spacial score (nSPS) is 11.3. The molecule has 0 aliphatic rings. The maximum absolute atomic E-state index is 12.6. The van der Waals surface area contributed by atoms with Gasteiger partial charge < -0.3 is 5.32 Å². The van der Waals surface area contributed by atoms with Crippen LogP contribution in [-0.4, -0.2) is 5.91 Å². The molecule has 0 fully saturated rings. The molecule has 1 N–H and O–H groups in total. The number of rotatable bonds is 2. The zero-order valence-corrected chi connectivity index (χ0v) is 9.95. The van der Waals surface area contributed by atoms with Gasteiger partial charge in [0.2, 0.25) is 5.91 Å². The molecule has 1 aromatic rings. The molecule has 0 unspecified atom stereocenters. The molecule has 0 saturated heterocycles. The van der Waals surface area contributed by atoms with Gasteiger partial charge in [0.1, 0.15) is 0 Å². The Morgan fingerprint density at radius 3 is 2.56 bits per heavy atom. The molecular formula is C10H9BrF3NO. The standard InChI is InChI=1S/C10H9BrF3NO/c1-6(16)15-5-7-2-3-8(11)4-9(7)10(12,13)14/h2-4H,5H2,1H3,(H,15,16). The highest BCUT2D eigenvalue weighted by Crippen LogP contribution is 2.33. The van der Waals surface area contributed by atoms with Crippen molar-refractivity contribution in [1.29, 1.82) is 0 Å². The van der Waals surface area contributed by atoms with Crippen molar-refractivity contribution in [3.8, 4) is 0 Å². The van der Waals surface area contributed by atoms with Gasteiger partial charge in [-0.2, -0.15) is 13.2 Å². The lowest BCUT2D eigenvalue weighted by Gasteiger charge is -2.13. The van der Waals surface area contributed by atoms with Crippen molar-refractivity contribution in [3.05, 3.63) is 33.8 Å². The van der Waals surface area contributed by atoms with Crippen LogP contribution in [0, 0.1) is 0 Å². The average Bonchev–Trinajstić information content (AvgIpc) is 2.14. The predicted molar refractivity (Wildman–Crippen MR) is 56.7 cm³/mol. The first-order valence-corrected chi connectivity index (χ1v) is 5.20. The first-order valence-electron chi connectivity index (χ1n) is 4.41. The smallest absolute Gasteiger partial charge is 0.352 e. The van der Waals surface area contributed by atoms with Crippen LogP contribution in [-0.2, 0) is 17.5 Å². The fourth-order valence-electron chi connectivity index (χ4n) is 1.19. The molecule has 0 heterocycles. The van der Waals surface area contributed by atoms with Crippen molar-refractivity contribution in [2.75, 3.05) is 0 Å². The summed E-state index contributed by atoms with van der Waals surface area (Å²) in [5.74, 6) is -0.365. The van der Waals surface area contributed by atoms with Crippen LogP contribution < -0.4 is 5.32 Å². The van der Waals surface area contributed by atoms with E-state index in [-0.39, 0.29) is 18.0 Å². The number of hydrogen-bond acceptors (Lipinski definition) is 1. The van der Waals surface area contributed by atoms with E-state index in [4.69, 9.17) is 0 Å². The molecule has 0 atom stereocenters. The maximum Gasteiger partial charge on any atom is 0.416 e. The summed E-state index contributed by atoms with van der Waals surface area (Å²) in [6.07, 6.45) is -4.42. The minimum Gasteiger partial charge on any atom is -0.352 e. The monoisotopic (exact) mass is 295 g/mol. The van der Waals surface area contributed by atoms with E-state index in [1.807, 2.05) is 0 Å². The third-order valence-corrected chi connectivity index (χ3v) is 2.40. The molecule has 88 valence electrons. The molecule has 16 heavy (non-hydrogen) atoms. The van der Waals surface area contributed by atoms with Gasteiger partial charge in [-0.25, -0.2) is 0 Å². The highest BCUT2D eigenvalue weighted by molar-refractivity contribution is 9.10. The second-order valence-corrected chi connectivity index (χ2v) is 4.12. The zero-order chi connectivity index (χ0) is 12.3. The highest BCUT2D eigenvalue weighted by Gasteiger charge is 2.33. The fourth-order valence-corrected chi connectivity index (χ4v) is 1.55. The van der Waals surface area contributed by atoms with Crippen LogP contribution in [0.3, 0.4) is 0 Å². The number of halogens is 4. The lowest BCUT2D eigenvalue weighted by Crippen LogP contribution is -2.21. The largest absolute Gasteiger partial charge is 0.416 e. The van der Waals surface area contributed by atoms with Gasteiger partial charge >= 0.3 is 6.18 Å². The van der Waals surface area contributed by atoms with Crippen LogP contribution in [0.1, 0.15) is 18.1 Å². The lowest BCUT2D eigenvalue weighted by molar-refractivity contribution is -0.138. The quantitative estimate of drug-likeness (QED) is 0.892. The molecule has 6 heteroatoms. The Labute approximate surface area is 99.0 Å². The van der Waals surface area contributed by atoms with E-state index < -0.39 is 11.7 Å². The third-order valence-electron chi connectivity index (χ3n) is 1.91. The first kappa shape index (κ1) is 13.0. The van der Waals surface area contributed by atoms with E-state index in [1.54, 1.807) is 0 Å². The van der Waals surface area contributed by atoms with Crippen LogP contribution in [0.4, 0.5) is 13.2 Å². The second kappa shape index (κ2) is 4.86. The summed E-state index contributed by atoms with van der Waals surface area (Å²) < 4.78 is 38.2. The highest BCUT2D eigenvalue weighted by atomic mass is 79.9. The lowest BCUT2D eigenvalue weighted by atomic mass is 10.1. The summed E-state index contributed by atoms with van der Waals surface area (Å²) in [7, 11) is 0. The van der Waals surface area contributed by atoms with Crippen molar-refractivity contribution >= 4 is 21.8 Å². The van der Waals surface area contributed by atoms with E-state index in [2.05, 4.69) is 21.2 Å². The van der Waals surface area contributed by atoms with Crippen LogP contribution in [0.15, 0.2) is 22.7 Å². The Hall–Kier alpha value is -1.04. The molecule has 0 radical (unpaired) electrons. The van der Waals surface area contributed by atoms with E-state index >= 15 is 0 Å². The van der Waals surface area contributed by atoms with Gasteiger partial charge in [-0.3, -0.25) is 4.79 Å². The Bertz CT molecular complexity index is 404. The van der Waals surface area contributed by atoms with Gasteiger partial charge in [0, 0.05) is 17.9 Å². The third kappa shape index (κ3) is 3.52. The van der Waals surface area contributed by atoms with Gasteiger partial charge in [-0.15, -0.1) is 0 Å². The maximum atomic E-state index is 12.6. The minimum absolute atomic E-state index is 0.0471. The first-order chi connectivity index (χ1) is 7.30. The number of amides is 1. The topological polar surface area (TPSA) is 29.1 Å². The molecule has 0 aliphatic carbocycles. The number of carbonyl (C=O) groups excluding carboxylic acids is 1. The predicted octanol–water partition coefficient (Wildman–Crippen LogP) is 3.10. The fraction of sp³-hybridized carbons (Fsp3) is 0.300. The Morgan fingerprint density at radius 2 is 2.06 bits per heavy atom. The van der Waals surface area contributed by atoms with Crippen LogP contribution in [0.5, 0.6) is 0 Å². The van der Waals surface area contributed by atoms with Gasteiger partial charge in [0.15, 0.2) is 0 Å². The summed E-state index contributed by atoms with van der Waals surface area (Å²) in [4.78, 5) is 10.6. The Morgan fingerprint density at radius 1 is 1.44 bits per heavy atom. The molecule has 1 amide bonds. The van der Waals surface area contributed by atoms with E-state index in [1.165, 1.54) is 19.1 Å². The van der Waals surface area contributed by atoms with Crippen LogP contribution in [0.2, 0.25) is 0 Å². The van der Waals surface area contributed by atoms with Gasteiger partial charge in [0.25, 0.3) is 0 Å². The van der Waals surface area contributed by atoms with E-state index in [0.29, 0.717) is 4.47 Å². The van der Waals surface area contributed by atoms with Gasteiger partial charge in [-0.1, -0.05) is 22.0 Å². The number of nitrogens with one attached hydrogen (secondary N) is 1. The number of hydrogen-bond donors (Lipinski definition) is 1. The minimum atomic E-state index is -4.42. The molecule has 0 spiro atoms. The van der Waals surface area contributed by atoms with Crippen molar-refractivity contribution in [3.63, 3.8) is 0 Å². The molecule has 0 aromatic heterocycles. The molecule has 0 aliphatic heterocycles. The van der Waals surface area contributed by atoms with Crippen molar-refractivity contribution < 1.29 is 18.0 Å². The van der Waals surface area contributed by atoms with Crippen LogP contribution in [0.25, 0.3) is 0 Å². The molecule has 1 rings (SSSR count). The summed E-state index contributed by atoms with van der Waals surface area (Å²) in [5, 5.41) is 2.34. The SMILES string of the molecule is CC(=O)NCc1ccc(Br)cc1C(F)(F)F. The molecule has 0 bridgehead atoms. The molecular weight excluding hydrogens is 287 g/mol.